The van der Waals surface area contributed by atoms with Crippen LogP contribution in [0.3, 0.4) is 0 Å². The van der Waals surface area contributed by atoms with Gasteiger partial charge < -0.3 is 14.5 Å². The highest BCUT2D eigenvalue weighted by Gasteiger charge is 2.18. The smallest absolute Gasteiger partial charge is 0.263 e. The molecule has 0 bridgehead atoms. The highest BCUT2D eigenvalue weighted by Crippen LogP contribution is 2.25. The summed E-state index contributed by atoms with van der Waals surface area (Å²) in [5.41, 5.74) is 1.21. The van der Waals surface area contributed by atoms with Crippen LogP contribution in [0.2, 0.25) is 0 Å². The SMILES string of the molecule is O=C(COc1ccc(F)cc1)Nc1cc(-c2ccco2)nn1-c1nc(-c2ccccc2)cc(=O)[nH]1. The standard InChI is InChI=1S/C25H18FN5O4/c26-17-8-10-18(11-9-17)35-15-24(33)28-22-13-20(21-7-4-12-34-21)30-31(22)25-27-19(14-23(32)29-25)16-5-2-1-3-6-16/h1-14H,15H2,(H,28,33)(H,27,29,32). The number of aromatic amines is 1. The number of benzene rings is 2. The molecular formula is C25H18FN5O4. The van der Waals surface area contributed by atoms with Gasteiger partial charge in [0.05, 0.1) is 12.0 Å². The van der Waals surface area contributed by atoms with Crippen LogP contribution in [0, 0.1) is 5.82 Å². The number of H-pyrrole nitrogens is 1. The molecule has 0 spiro atoms. The molecule has 1 amide bonds. The zero-order valence-corrected chi connectivity index (χ0v) is 18.1. The number of carbonyl (C=O) groups excluding carboxylic acids is 1. The molecule has 5 rings (SSSR count). The van der Waals surface area contributed by atoms with Crippen LogP contribution in [-0.2, 0) is 4.79 Å². The van der Waals surface area contributed by atoms with E-state index in [2.05, 4.69) is 20.4 Å². The fourth-order valence-corrected chi connectivity index (χ4v) is 3.34. The van der Waals surface area contributed by atoms with Crippen molar-refractivity contribution in [3.63, 3.8) is 0 Å². The molecule has 174 valence electrons. The summed E-state index contributed by atoms with van der Waals surface area (Å²) in [6.45, 7) is -0.332. The number of nitrogens with zero attached hydrogens (tertiary/aromatic N) is 3. The van der Waals surface area contributed by atoms with Crippen LogP contribution >= 0.6 is 0 Å². The lowest BCUT2D eigenvalue weighted by Gasteiger charge is -2.10. The van der Waals surface area contributed by atoms with E-state index in [1.54, 1.807) is 18.2 Å². The summed E-state index contributed by atoms with van der Waals surface area (Å²) < 4.78 is 25.2. The number of furan rings is 1. The van der Waals surface area contributed by atoms with Gasteiger partial charge in [-0.3, -0.25) is 14.6 Å². The Hall–Kier alpha value is -4.99. The van der Waals surface area contributed by atoms with Crippen molar-refractivity contribution in [2.24, 2.45) is 0 Å². The summed E-state index contributed by atoms with van der Waals surface area (Å²) in [4.78, 5) is 32.2. The number of halogens is 1. The summed E-state index contributed by atoms with van der Waals surface area (Å²) in [6.07, 6.45) is 1.50. The van der Waals surface area contributed by atoms with Crippen LogP contribution in [0.5, 0.6) is 5.75 Å². The number of nitrogens with one attached hydrogen (secondary N) is 2. The lowest BCUT2D eigenvalue weighted by Crippen LogP contribution is -2.23. The van der Waals surface area contributed by atoms with Crippen LogP contribution < -0.4 is 15.6 Å². The number of hydrogen-bond donors (Lipinski definition) is 2. The van der Waals surface area contributed by atoms with Gasteiger partial charge in [0.15, 0.2) is 12.4 Å². The molecular weight excluding hydrogens is 453 g/mol. The molecule has 0 aliphatic rings. The molecule has 9 nitrogen and oxygen atoms in total. The Bertz CT molecular complexity index is 1510. The summed E-state index contributed by atoms with van der Waals surface area (Å²) in [5.74, 6) is 0.232. The van der Waals surface area contributed by atoms with Crippen molar-refractivity contribution < 1.29 is 18.3 Å². The predicted octanol–water partition coefficient (Wildman–Crippen LogP) is 4.04. The normalized spacial score (nSPS) is 10.8. The Morgan fingerprint density at radius 1 is 1.03 bits per heavy atom. The zero-order chi connectivity index (χ0) is 24.2. The molecule has 3 aromatic heterocycles. The van der Waals surface area contributed by atoms with Crippen LogP contribution in [0.15, 0.2) is 94.3 Å². The Labute approximate surface area is 197 Å². The fourth-order valence-electron chi connectivity index (χ4n) is 3.34. The van der Waals surface area contributed by atoms with E-state index in [1.165, 1.54) is 41.3 Å². The number of rotatable bonds is 7. The number of carbonyl (C=O) groups is 1. The molecule has 0 atom stereocenters. The quantitative estimate of drug-likeness (QED) is 0.370. The Balaban J connectivity index is 1.46. The summed E-state index contributed by atoms with van der Waals surface area (Å²) in [5, 5.41) is 7.18. The average molecular weight is 471 g/mol. The molecule has 2 N–H and O–H groups in total. The number of amides is 1. The van der Waals surface area contributed by atoms with Crippen molar-refractivity contribution >= 4 is 11.7 Å². The van der Waals surface area contributed by atoms with Crippen molar-refractivity contribution in [2.45, 2.75) is 0 Å². The van der Waals surface area contributed by atoms with Gasteiger partial charge in [0.25, 0.3) is 11.5 Å². The van der Waals surface area contributed by atoms with Gasteiger partial charge in [0.1, 0.15) is 23.1 Å². The first-order valence-corrected chi connectivity index (χ1v) is 10.5. The summed E-state index contributed by atoms with van der Waals surface area (Å²) in [6, 6.07) is 20.9. The van der Waals surface area contributed by atoms with Crippen molar-refractivity contribution in [1.29, 1.82) is 0 Å². The molecule has 0 fully saturated rings. The minimum Gasteiger partial charge on any atom is -0.484 e. The zero-order valence-electron chi connectivity index (χ0n) is 18.1. The maximum atomic E-state index is 13.1. The third kappa shape index (κ3) is 5.01. The van der Waals surface area contributed by atoms with Gasteiger partial charge in [-0.25, -0.2) is 9.37 Å². The van der Waals surface area contributed by atoms with Crippen molar-refractivity contribution in [3.8, 4) is 34.4 Å². The van der Waals surface area contributed by atoms with Crippen LogP contribution in [-0.4, -0.2) is 32.3 Å². The van der Waals surface area contributed by atoms with Crippen molar-refractivity contribution in [1.82, 2.24) is 19.7 Å². The first-order chi connectivity index (χ1) is 17.0. The topological polar surface area (TPSA) is 115 Å². The lowest BCUT2D eigenvalue weighted by molar-refractivity contribution is -0.118. The molecule has 0 saturated carbocycles. The first kappa shape index (κ1) is 21.8. The summed E-state index contributed by atoms with van der Waals surface area (Å²) in [7, 11) is 0. The number of hydrogen-bond acceptors (Lipinski definition) is 6. The highest BCUT2D eigenvalue weighted by atomic mass is 19.1. The average Bonchev–Trinajstić information content (AvgIpc) is 3.54. The van der Waals surface area contributed by atoms with Gasteiger partial charge in [0.2, 0.25) is 5.95 Å². The van der Waals surface area contributed by atoms with Gasteiger partial charge in [-0.05, 0) is 36.4 Å². The molecule has 0 aliphatic heterocycles. The molecule has 5 aromatic rings. The lowest BCUT2D eigenvalue weighted by atomic mass is 10.1. The Kier molecular flexibility index (Phi) is 5.91. The van der Waals surface area contributed by atoms with Crippen molar-refractivity contribution in [2.75, 3.05) is 11.9 Å². The van der Waals surface area contributed by atoms with E-state index in [4.69, 9.17) is 9.15 Å². The Morgan fingerprint density at radius 3 is 2.57 bits per heavy atom. The van der Waals surface area contributed by atoms with Gasteiger partial charge in [-0.1, -0.05) is 30.3 Å². The molecule has 0 aliphatic carbocycles. The number of anilines is 1. The highest BCUT2D eigenvalue weighted by molar-refractivity contribution is 5.91. The molecule has 0 radical (unpaired) electrons. The van der Waals surface area contributed by atoms with E-state index < -0.39 is 11.7 Å². The van der Waals surface area contributed by atoms with E-state index in [-0.39, 0.29) is 23.9 Å². The number of ether oxygens (including phenoxy) is 1. The van der Waals surface area contributed by atoms with E-state index in [1.807, 2.05) is 30.3 Å². The van der Waals surface area contributed by atoms with Crippen LogP contribution in [0.25, 0.3) is 28.7 Å². The molecule has 0 unspecified atom stereocenters. The maximum Gasteiger partial charge on any atom is 0.263 e. The third-order valence-electron chi connectivity index (χ3n) is 4.93. The second-order valence-electron chi connectivity index (χ2n) is 7.41. The first-order valence-electron chi connectivity index (χ1n) is 10.5. The molecule has 35 heavy (non-hydrogen) atoms. The number of aromatic nitrogens is 4. The molecule has 10 heteroatoms. The van der Waals surface area contributed by atoms with Gasteiger partial charge >= 0.3 is 0 Å². The second-order valence-corrected chi connectivity index (χ2v) is 7.41. The van der Waals surface area contributed by atoms with Crippen LogP contribution in [0.1, 0.15) is 0 Å². The summed E-state index contributed by atoms with van der Waals surface area (Å²) >= 11 is 0. The van der Waals surface area contributed by atoms with Gasteiger partial charge in [-0.2, -0.15) is 9.78 Å². The monoisotopic (exact) mass is 471 g/mol. The second kappa shape index (κ2) is 9.48. The minimum atomic E-state index is -0.497. The molecule has 3 heterocycles. The van der Waals surface area contributed by atoms with E-state index >= 15 is 0 Å². The van der Waals surface area contributed by atoms with E-state index in [0.717, 1.165) is 5.56 Å². The van der Waals surface area contributed by atoms with E-state index in [0.29, 0.717) is 22.9 Å². The van der Waals surface area contributed by atoms with Crippen molar-refractivity contribution in [3.05, 3.63) is 101 Å². The Morgan fingerprint density at radius 2 is 1.83 bits per heavy atom. The van der Waals surface area contributed by atoms with Crippen LogP contribution in [0.4, 0.5) is 10.2 Å². The van der Waals surface area contributed by atoms with E-state index in [9.17, 15) is 14.0 Å². The molecule has 2 aromatic carbocycles. The third-order valence-corrected chi connectivity index (χ3v) is 4.93. The fraction of sp³-hybridized carbons (Fsp3) is 0.0400. The van der Waals surface area contributed by atoms with Gasteiger partial charge in [0, 0.05) is 17.7 Å². The predicted molar refractivity (Wildman–Crippen MR) is 126 cm³/mol. The largest absolute Gasteiger partial charge is 0.484 e. The maximum absolute atomic E-state index is 13.1. The van der Waals surface area contributed by atoms with Gasteiger partial charge in [-0.15, -0.1) is 0 Å². The molecule has 0 saturated heterocycles. The minimum absolute atomic E-state index is 0.101.